The summed E-state index contributed by atoms with van der Waals surface area (Å²) in [4.78, 5) is 15.3. The highest BCUT2D eigenvalue weighted by atomic mass is 16.5. The molecule has 6 nitrogen and oxygen atoms in total. The third-order valence-electron chi connectivity index (χ3n) is 8.47. The maximum absolute atomic E-state index is 13.7. The summed E-state index contributed by atoms with van der Waals surface area (Å²) in [5.74, 6) is -0.566. The summed E-state index contributed by atoms with van der Waals surface area (Å²) in [7, 11) is 0. The van der Waals surface area contributed by atoms with Gasteiger partial charge in [-0.3, -0.25) is 4.79 Å². The van der Waals surface area contributed by atoms with E-state index in [0.29, 0.717) is 0 Å². The highest BCUT2D eigenvalue weighted by molar-refractivity contribution is 5.83. The Morgan fingerprint density at radius 1 is 0.600 bits per heavy atom. The topological polar surface area (TPSA) is 79.2 Å². The number of aliphatic hydroxyl groups is 2. The molecule has 228 valence electrons. The van der Waals surface area contributed by atoms with Crippen molar-refractivity contribution in [3.8, 4) is 0 Å². The fraction of sp³-hybridized carbons (Fsp3) is 0.205. The molecule has 1 aliphatic heterocycles. The van der Waals surface area contributed by atoms with Crippen LogP contribution >= 0.6 is 0 Å². The van der Waals surface area contributed by atoms with Crippen LogP contribution in [0.5, 0.6) is 0 Å². The molecule has 6 rings (SSSR count). The molecule has 0 aromatic heterocycles. The Morgan fingerprint density at radius 3 is 1.49 bits per heavy atom. The van der Waals surface area contributed by atoms with Gasteiger partial charge in [0.05, 0.1) is 19.3 Å². The SMILES string of the molecule is O=C1[C@@H](O)[C@@H](O)[C@H](OCc2ccccc2)[C@@H](COC(c2ccccc2)(c2ccccc2)c2ccccc2)N1Cc1ccccc1. The van der Waals surface area contributed by atoms with Crippen molar-refractivity contribution in [2.75, 3.05) is 6.61 Å². The summed E-state index contributed by atoms with van der Waals surface area (Å²) in [6, 6.07) is 48.6. The summed E-state index contributed by atoms with van der Waals surface area (Å²) in [5.41, 5.74) is 3.51. The van der Waals surface area contributed by atoms with Crippen molar-refractivity contribution in [1.29, 1.82) is 0 Å². The second-order valence-electron chi connectivity index (χ2n) is 11.3. The van der Waals surface area contributed by atoms with E-state index < -0.39 is 35.9 Å². The van der Waals surface area contributed by atoms with E-state index in [-0.39, 0.29) is 19.8 Å². The summed E-state index contributed by atoms with van der Waals surface area (Å²) < 4.78 is 13.5. The molecule has 45 heavy (non-hydrogen) atoms. The van der Waals surface area contributed by atoms with E-state index >= 15 is 0 Å². The Morgan fingerprint density at radius 2 is 1.02 bits per heavy atom. The number of likely N-dealkylation sites (tertiary alicyclic amines) is 1. The Kier molecular flexibility index (Phi) is 9.48. The van der Waals surface area contributed by atoms with Crippen molar-refractivity contribution < 1.29 is 24.5 Å². The molecule has 4 atom stereocenters. The molecule has 1 aliphatic rings. The van der Waals surface area contributed by atoms with Crippen LogP contribution in [0.4, 0.5) is 0 Å². The molecule has 5 aromatic rings. The van der Waals surface area contributed by atoms with Crippen LogP contribution < -0.4 is 0 Å². The van der Waals surface area contributed by atoms with E-state index in [1.54, 1.807) is 4.90 Å². The monoisotopic (exact) mass is 599 g/mol. The van der Waals surface area contributed by atoms with Gasteiger partial charge in [0.15, 0.2) is 6.10 Å². The lowest BCUT2D eigenvalue weighted by atomic mass is 9.80. The first kappa shape index (κ1) is 30.4. The van der Waals surface area contributed by atoms with Crippen molar-refractivity contribution in [2.24, 2.45) is 0 Å². The van der Waals surface area contributed by atoms with Gasteiger partial charge in [-0.15, -0.1) is 0 Å². The third kappa shape index (κ3) is 6.46. The molecular weight excluding hydrogens is 562 g/mol. The van der Waals surface area contributed by atoms with E-state index in [1.165, 1.54) is 0 Å². The average Bonchev–Trinajstić information content (AvgIpc) is 3.11. The minimum absolute atomic E-state index is 0.0144. The van der Waals surface area contributed by atoms with Gasteiger partial charge in [-0.05, 0) is 27.8 Å². The van der Waals surface area contributed by atoms with E-state index in [0.717, 1.165) is 27.8 Å². The van der Waals surface area contributed by atoms with Crippen molar-refractivity contribution in [1.82, 2.24) is 4.90 Å². The zero-order valence-electron chi connectivity index (χ0n) is 24.9. The highest BCUT2D eigenvalue weighted by Crippen LogP contribution is 2.41. The van der Waals surface area contributed by atoms with Gasteiger partial charge in [-0.1, -0.05) is 152 Å². The molecule has 1 saturated heterocycles. The minimum Gasteiger partial charge on any atom is -0.387 e. The molecule has 0 saturated carbocycles. The molecule has 0 radical (unpaired) electrons. The Labute approximate surface area is 264 Å². The van der Waals surface area contributed by atoms with Crippen LogP contribution in [0.2, 0.25) is 0 Å². The highest BCUT2D eigenvalue weighted by Gasteiger charge is 2.50. The molecule has 2 N–H and O–H groups in total. The molecule has 1 amide bonds. The molecule has 1 heterocycles. The van der Waals surface area contributed by atoms with Crippen LogP contribution in [0.1, 0.15) is 27.8 Å². The van der Waals surface area contributed by atoms with E-state index in [4.69, 9.17) is 9.47 Å². The van der Waals surface area contributed by atoms with Crippen molar-refractivity contribution >= 4 is 5.91 Å². The van der Waals surface area contributed by atoms with E-state index in [1.807, 2.05) is 152 Å². The second-order valence-corrected chi connectivity index (χ2v) is 11.3. The zero-order chi connectivity index (χ0) is 31.1. The molecule has 0 bridgehead atoms. The lowest BCUT2D eigenvalue weighted by Gasteiger charge is -2.47. The number of hydrogen-bond acceptors (Lipinski definition) is 5. The summed E-state index contributed by atoms with van der Waals surface area (Å²) in [6.07, 6.45) is -4.00. The predicted octanol–water partition coefficient (Wildman–Crippen LogP) is 5.71. The third-order valence-corrected chi connectivity index (χ3v) is 8.47. The molecule has 0 aliphatic carbocycles. The number of amides is 1. The molecule has 5 aromatic carbocycles. The number of benzene rings is 5. The Hall–Kier alpha value is -4.59. The van der Waals surface area contributed by atoms with Crippen molar-refractivity contribution in [3.05, 3.63) is 179 Å². The van der Waals surface area contributed by atoms with E-state index in [2.05, 4.69) is 0 Å². The fourth-order valence-corrected chi connectivity index (χ4v) is 6.18. The summed E-state index contributed by atoms with van der Waals surface area (Å²) >= 11 is 0. The van der Waals surface area contributed by atoms with Crippen LogP contribution in [0, 0.1) is 0 Å². The molecule has 0 unspecified atom stereocenters. The summed E-state index contributed by atoms with van der Waals surface area (Å²) in [5, 5.41) is 22.3. The quantitative estimate of drug-likeness (QED) is 0.190. The maximum Gasteiger partial charge on any atom is 0.254 e. The Bertz CT molecular complexity index is 1540. The minimum atomic E-state index is -1.63. The standard InChI is InChI=1S/C39H37NO5/c41-35-36(42)38(43)40(26-29-16-6-1-7-17-29)34(37(35)44-27-30-18-8-2-9-19-30)28-45-39(31-20-10-3-11-21-31,32-22-12-4-13-23-32)33-24-14-5-15-25-33/h1-25,34-37,41-42H,26-28H2/t34-,35-,36+,37-/m1/s1. The number of hydrogen-bond donors (Lipinski definition) is 2. The van der Waals surface area contributed by atoms with Gasteiger partial charge in [0.1, 0.15) is 17.8 Å². The number of nitrogens with zero attached hydrogens (tertiary/aromatic N) is 1. The van der Waals surface area contributed by atoms with E-state index in [9.17, 15) is 15.0 Å². The van der Waals surface area contributed by atoms with Gasteiger partial charge in [-0.25, -0.2) is 0 Å². The lowest BCUT2D eigenvalue weighted by molar-refractivity contribution is -0.195. The van der Waals surface area contributed by atoms with Crippen LogP contribution in [-0.2, 0) is 33.0 Å². The van der Waals surface area contributed by atoms with Gasteiger partial charge in [0.2, 0.25) is 0 Å². The number of piperidine rings is 1. The van der Waals surface area contributed by atoms with Gasteiger partial charge in [0.25, 0.3) is 5.91 Å². The lowest BCUT2D eigenvalue weighted by Crippen LogP contribution is -2.66. The van der Waals surface area contributed by atoms with Gasteiger partial charge >= 0.3 is 0 Å². The van der Waals surface area contributed by atoms with Gasteiger partial charge < -0.3 is 24.6 Å². The first-order valence-electron chi connectivity index (χ1n) is 15.2. The molecular formula is C39H37NO5. The molecule has 1 fully saturated rings. The van der Waals surface area contributed by atoms with Crippen LogP contribution in [0.15, 0.2) is 152 Å². The number of rotatable bonds is 11. The number of carbonyl (C=O) groups is 1. The second kappa shape index (κ2) is 14.0. The number of ether oxygens (including phenoxy) is 2. The normalized spacial score (nSPS) is 20.2. The fourth-order valence-electron chi connectivity index (χ4n) is 6.18. The first-order valence-corrected chi connectivity index (χ1v) is 15.2. The van der Waals surface area contributed by atoms with Crippen molar-refractivity contribution in [2.45, 2.75) is 43.1 Å². The Balaban J connectivity index is 1.43. The number of carbonyl (C=O) groups excluding carboxylic acids is 1. The maximum atomic E-state index is 13.7. The largest absolute Gasteiger partial charge is 0.387 e. The average molecular weight is 600 g/mol. The van der Waals surface area contributed by atoms with Crippen LogP contribution in [-0.4, -0.2) is 52.0 Å². The van der Waals surface area contributed by atoms with Crippen LogP contribution in [0.3, 0.4) is 0 Å². The van der Waals surface area contributed by atoms with Gasteiger partial charge in [0, 0.05) is 6.54 Å². The van der Waals surface area contributed by atoms with Gasteiger partial charge in [-0.2, -0.15) is 0 Å². The van der Waals surface area contributed by atoms with Crippen molar-refractivity contribution in [3.63, 3.8) is 0 Å². The number of aliphatic hydroxyl groups excluding tert-OH is 2. The summed E-state index contributed by atoms with van der Waals surface area (Å²) in [6.45, 7) is 0.429. The smallest absolute Gasteiger partial charge is 0.254 e. The zero-order valence-corrected chi connectivity index (χ0v) is 24.9. The predicted molar refractivity (Wildman–Crippen MR) is 173 cm³/mol. The van der Waals surface area contributed by atoms with Crippen LogP contribution in [0.25, 0.3) is 0 Å². The first-order chi connectivity index (χ1) is 22.1. The molecule has 6 heteroatoms. The molecule has 0 spiro atoms.